The van der Waals surface area contributed by atoms with Gasteiger partial charge in [-0.2, -0.15) is 5.26 Å². The summed E-state index contributed by atoms with van der Waals surface area (Å²) >= 11 is 0. The maximum absolute atomic E-state index is 9.44. The van der Waals surface area contributed by atoms with E-state index in [0.29, 0.717) is 35.2 Å². The van der Waals surface area contributed by atoms with Crippen LogP contribution in [0.2, 0.25) is 0 Å². The van der Waals surface area contributed by atoms with Gasteiger partial charge < -0.3 is 15.5 Å². The Morgan fingerprint density at radius 3 is 2.56 bits per heavy atom. The molecule has 1 atom stereocenters. The number of nitrogens with one attached hydrogen (secondary N) is 1. The molecule has 0 aliphatic rings. The topological polar surface area (TPSA) is 139 Å². The van der Waals surface area contributed by atoms with Gasteiger partial charge in [-0.1, -0.05) is 0 Å². The zero-order valence-electron chi connectivity index (χ0n) is 19.6. The fourth-order valence-electron chi connectivity index (χ4n) is 3.23. The molecule has 0 amide bonds. The molecule has 4 rings (SSSR count). The molecule has 9 nitrogen and oxygen atoms in total. The molecule has 3 heterocycles. The van der Waals surface area contributed by atoms with E-state index in [9.17, 15) is 5.26 Å². The number of hydrogen-bond acceptors (Lipinski definition) is 9. The predicted octanol–water partition coefficient (Wildman–Crippen LogP) is 5.11. The van der Waals surface area contributed by atoms with Crippen molar-refractivity contribution in [2.75, 3.05) is 11.9 Å². The second kappa shape index (κ2) is 9.37. The van der Waals surface area contributed by atoms with E-state index in [4.69, 9.17) is 15.1 Å². The average Bonchev–Trinajstić information content (AvgIpc) is 3.33. The summed E-state index contributed by atoms with van der Waals surface area (Å²) in [5.74, 6) is 0.676. The molecule has 0 saturated carbocycles. The fraction of sp³-hybridized carbons (Fsp3) is 0.280. The zero-order valence-corrected chi connectivity index (χ0v) is 19.6. The number of anilines is 1. The number of benzene rings is 1. The van der Waals surface area contributed by atoms with Crippen LogP contribution in [0.1, 0.15) is 37.9 Å². The van der Waals surface area contributed by atoms with E-state index in [1.54, 1.807) is 12.4 Å². The van der Waals surface area contributed by atoms with Crippen molar-refractivity contribution in [3.05, 3.63) is 60.2 Å². The Labute approximate surface area is 204 Å². The Morgan fingerprint density at radius 2 is 1.85 bits per heavy atom. The van der Waals surface area contributed by atoms with Crippen molar-refractivity contribution in [1.82, 2.24) is 25.1 Å². The van der Waals surface area contributed by atoms with Crippen molar-refractivity contribution < 1.29 is 10.1 Å². The Morgan fingerprint density at radius 1 is 1.12 bits per heavy atom. The molecular weight excluding hydrogens is 428 g/mol. The predicted molar refractivity (Wildman–Crippen MR) is 138 cm³/mol. The van der Waals surface area contributed by atoms with Crippen LogP contribution >= 0.6 is 0 Å². The van der Waals surface area contributed by atoms with E-state index < -0.39 is 5.41 Å². The Bertz CT molecular complexity index is 1350. The third-order valence-corrected chi connectivity index (χ3v) is 5.32. The van der Waals surface area contributed by atoms with Gasteiger partial charge in [0.25, 0.3) is 5.89 Å². The first-order valence-electron chi connectivity index (χ1n) is 10.9. The first kappa shape index (κ1) is 23.0. The molecule has 1 unspecified atom stereocenters. The third kappa shape index (κ3) is 4.92. The van der Waals surface area contributed by atoms with E-state index in [2.05, 4.69) is 31.6 Å². The molecule has 0 radical (unpaired) electrons. The zero-order chi connectivity index (χ0) is 24.3. The maximum atomic E-state index is 9.44. The van der Waals surface area contributed by atoms with Gasteiger partial charge in [-0.25, -0.2) is 4.98 Å². The van der Waals surface area contributed by atoms with E-state index in [-0.39, 0.29) is 17.6 Å². The summed E-state index contributed by atoms with van der Waals surface area (Å²) in [7, 11) is 0. The van der Waals surface area contributed by atoms with Crippen molar-refractivity contribution in [2.45, 2.75) is 39.2 Å². The molecule has 0 spiro atoms. The molecule has 9 heteroatoms. The van der Waals surface area contributed by atoms with Crippen molar-refractivity contribution in [2.24, 2.45) is 5.73 Å². The summed E-state index contributed by atoms with van der Waals surface area (Å²) in [6.45, 7) is 8.12. The molecule has 0 aliphatic heterocycles. The normalized spacial score (nSPS) is 12.2. The minimum Gasteiger partial charge on any atom is -0.415 e. The molecule has 0 saturated heterocycles. The number of nitrogens with zero attached hydrogens (tertiary/aromatic N) is 6. The summed E-state index contributed by atoms with van der Waals surface area (Å²) in [6, 6.07) is 13.7. The molecule has 34 heavy (non-hydrogen) atoms. The lowest BCUT2D eigenvalue weighted by Crippen LogP contribution is -2.25. The summed E-state index contributed by atoms with van der Waals surface area (Å²) in [5, 5.41) is 21.1. The lowest BCUT2D eigenvalue weighted by Gasteiger charge is -2.15. The van der Waals surface area contributed by atoms with Crippen LogP contribution < -0.4 is 11.1 Å². The highest BCUT2D eigenvalue weighted by atomic mass is 16.4. The number of aromatic nitrogens is 5. The molecule has 0 bridgehead atoms. The summed E-state index contributed by atoms with van der Waals surface area (Å²) in [6.07, 6.45) is 3.35. The first-order valence-corrected chi connectivity index (χ1v) is 10.9. The second-order valence-electron chi connectivity index (χ2n) is 8.70. The quantitative estimate of drug-likeness (QED) is 0.383. The molecule has 180 valence electrons. The Kier molecular flexibility index (Phi) is 6.34. The number of hydrogen-bond donors (Lipinski definition) is 2. The molecule has 3 aromatic heterocycles. The lowest BCUT2D eigenvalue weighted by molar-refractivity contribution is 0.581. The largest absolute Gasteiger partial charge is 0.415 e. The van der Waals surface area contributed by atoms with Crippen molar-refractivity contribution in [3.63, 3.8) is 0 Å². The average molecular weight is 463 g/mol. The number of rotatable bonds is 7. The summed E-state index contributed by atoms with van der Waals surface area (Å²) in [4.78, 5) is 13.6. The molecular formula is C25H34N8O. The number of nitriles is 1. The van der Waals surface area contributed by atoms with Crippen LogP contribution in [0.15, 0.2) is 53.2 Å². The van der Waals surface area contributed by atoms with Gasteiger partial charge >= 0.3 is 0 Å². The third-order valence-electron chi connectivity index (χ3n) is 5.32. The van der Waals surface area contributed by atoms with Crippen molar-refractivity contribution in [1.29, 1.82) is 5.26 Å². The minimum absolute atomic E-state index is 0. The second-order valence-corrected chi connectivity index (χ2v) is 8.70. The number of aryl methyl sites for hydroxylation is 1. The number of pyridine rings is 1. The van der Waals surface area contributed by atoms with E-state index >= 15 is 0 Å². The molecule has 3 N–H and O–H groups in total. The monoisotopic (exact) mass is 462 g/mol. The van der Waals surface area contributed by atoms with Crippen molar-refractivity contribution in [3.8, 4) is 40.4 Å². The highest BCUT2D eigenvalue weighted by molar-refractivity contribution is 5.64. The number of nitrogens with two attached hydrogens (primary N) is 1. The van der Waals surface area contributed by atoms with Crippen molar-refractivity contribution >= 4 is 5.69 Å². The Hall–Kier alpha value is -4.16. The van der Waals surface area contributed by atoms with Crippen LogP contribution in [0.3, 0.4) is 0 Å². The van der Waals surface area contributed by atoms with Gasteiger partial charge in [-0.15, -0.1) is 10.2 Å². The molecule has 0 aliphatic carbocycles. The smallest absolute Gasteiger partial charge is 0.268 e. The van der Waals surface area contributed by atoms with E-state index in [0.717, 1.165) is 16.8 Å². The van der Waals surface area contributed by atoms with Crippen LogP contribution in [0.4, 0.5) is 5.69 Å². The SMILES string of the molecule is Cc1ncc(-c2ccnc(C(C)(C)C#N)c2)nc1-c1nnc(-c2ccc(NCC(C)N)cc2)o1.[HH].[HH].[HH].[HH]. The standard InChI is InChI=1S/C25H26N8O.4H2/c1-15(27)12-30-19-7-5-17(6-8-19)23-32-33-24(34-23)22-16(2)29-13-20(31-22)18-9-10-28-21(11-18)25(3,4)14-26;;;;/h5-11,13,15,30H,12,27H2,1-4H3;4*1H. The van der Waals surface area contributed by atoms with Gasteiger partial charge in [0, 0.05) is 41.3 Å². The van der Waals surface area contributed by atoms with Gasteiger partial charge in [0.05, 0.1) is 34.8 Å². The van der Waals surface area contributed by atoms with Gasteiger partial charge in [0.15, 0.2) is 0 Å². The molecule has 4 aromatic rings. The van der Waals surface area contributed by atoms with Gasteiger partial charge in [-0.05, 0) is 64.1 Å². The van der Waals surface area contributed by atoms with E-state index in [1.807, 2.05) is 64.1 Å². The van der Waals surface area contributed by atoms with E-state index in [1.165, 1.54) is 0 Å². The first-order chi connectivity index (χ1) is 16.3. The summed E-state index contributed by atoms with van der Waals surface area (Å²) in [5.41, 5.74) is 10.1. The van der Waals surface area contributed by atoms with Gasteiger partial charge in [0.2, 0.25) is 5.89 Å². The maximum Gasteiger partial charge on any atom is 0.268 e. The van der Waals surface area contributed by atoms with Gasteiger partial charge in [0.1, 0.15) is 5.69 Å². The van der Waals surface area contributed by atoms with Crippen LogP contribution in [-0.2, 0) is 5.41 Å². The van der Waals surface area contributed by atoms with Crippen LogP contribution in [0.5, 0.6) is 0 Å². The van der Waals surface area contributed by atoms with Crippen LogP contribution in [0, 0.1) is 18.3 Å². The van der Waals surface area contributed by atoms with Crippen LogP contribution in [-0.4, -0.2) is 37.7 Å². The van der Waals surface area contributed by atoms with Gasteiger partial charge in [-0.3, -0.25) is 9.97 Å². The molecule has 1 aromatic carbocycles. The lowest BCUT2D eigenvalue weighted by atomic mass is 9.90. The highest BCUT2D eigenvalue weighted by Crippen LogP contribution is 2.29. The van der Waals surface area contributed by atoms with Crippen LogP contribution in [0.25, 0.3) is 34.3 Å². The fourth-order valence-corrected chi connectivity index (χ4v) is 3.23. The minimum atomic E-state index is -0.716. The Balaban J connectivity index is 0.00000342. The molecule has 0 fully saturated rings. The summed E-state index contributed by atoms with van der Waals surface area (Å²) < 4.78 is 5.94. The highest BCUT2D eigenvalue weighted by Gasteiger charge is 2.22.